The van der Waals surface area contributed by atoms with Crippen molar-refractivity contribution in [2.75, 3.05) is 19.0 Å². The van der Waals surface area contributed by atoms with Crippen LogP contribution < -0.4 is 10.1 Å². The number of nitrogens with one attached hydrogen (secondary N) is 1. The van der Waals surface area contributed by atoms with E-state index in [1.54, 1.807) is 25.3 Å². The molecule has 0 atom stereocenters. The molecule has 4 heteroatoms. The number of ether oxygens (including phenoxy) is 1. The number of carbonyl (C=O) groups is 1. The molecule has 1 saturated carbocycles. The zero-order valence-corrected chi connectivity index (χ0v) is 11.6. The number of aliphatic hydroxyl groups excluding tert-OH is 1. The highest BCUT2D eigenvalue weighted by Gasteiger charge is 2.21. The fraction of sp³-hybridized carbons (Fsp3) is 0.438. The Morgan fingerprint density at radius 3 is 2.90 bits per heavy atom. The van der Waals surface area contributed by atoms with Gasteiger partial charge in [-0.05, 0) is 37.0 Å². The second-order valence-electron chi connectivity index (χ2n) is 4.92. The van der Waals surface area contributed by atoms with Crippen LogP contribution in [0.2, 0.25) is 0 Å². The first-order valence-corrected chi connectivity index (χ1v) is 6.80. The highest BCUT2D eigenvalue weighted by atomic mass is 16.5. The molecule has 1 fully saturated rings. The van der Waals surface area contributed by atoms with Crippen LogP contribution in [0.4, 0.5) is 5.69 Å². The average Bonchev–Trinajstić information content (AvgIpc) is 2.41. The summed E-state index contributed by atoms with van der Waals surface area (Å²) in [5.41, 5.74) is 1.36. The van der Waals surface area contributed by atoms with Crippen LogP contribution in [-0.4, -0.2) is 24.7 Å². The van der Waals surface area contributed by atoms with E-state index in [9.17, 15) is 4.79 Å². The summed E-state index contributed by atoms with van der Waals surface area (Å²) in [7, 11) is 1.57. The SMILES string of the molecule is COc1ccc(C#CCO)cc1NC(=O)CC1CCC1. The third-order valence-electron chi connectivity index (χ3n) is 3.48. The highest BCUT2D eigenvalue weighted by molar-refractivity contribution is 5.92. The highest BCUT2D eigenvalue weighted by Crippen LogP contribution is 2.31. The van der Waals surface area contributed by atoms with Gasteiger partial charge in [0, 0.05) is 12.0 Å². The van der Waals surface area contributed by atoms with E-state index in [0.717, 1.165) is 18.4 Å². The van der Waals surface area contributed by atoms with Gasteiger partial charge in [0.15, 0.2) is 0 Å². The quantitative estimate of drug-likeness (QED) is 0.827. The predicted octanol–water partition coefficient (Wildman–Crippen LogP) is 2.17. The van der Waals surface area contributed by atoms with Gasteiger partial charge in [-0.2, -0.15) is 0 Å². The van der Waals surface area contributed by atoms with Crippen LogP contribution in [0.3, 0.4) is 0 Å². The van der Waals surface area contributed by atoms with Gasteiger partial charge in [-0.15, -0.1) is 0 Å². The van der Waals surface area contributed by atoms with E-state index in [2.05, 4.69) is 17.2 Å². The summed E-state index contributed by atoms with van der Waals surface area (Å²) < 4.78 is 5.24. The van der Waals surface area contributed by atoms with Crippen molar-refractivity contribution in [3.05, 3.63) is 23.8 Å². The van der Waals surface area contributed by atoms with Crippen molar-refractivity contribution in [2.45, 2.75) is 25.7 Å². The minimum Gasteiger partial charge on any atom is -0.495 e. The molecule has 0 unspecified atom stereocenters. The van der Waals surface area contributed by atoms with E-state index < -0.39 is 0 Å². The van der Waals surface area contributed by atoms with Crippen LogP contribution in [0.25, 0.3) is 0 Å². The molecule has 1 aliphatic carbocycles. The predicted molar refractivity (Wildman–Crippen MR) is 77.5 cm³/mol. The van der Waals surface area contributed by atoms with Crippen molar-refractivity contribution < 1.29 is 14.6 Å². The molecule has 0 radical (unpaired) electrons. The lowest BCUT2D eigenvalue weighted by Crippen LogP contribution is -2.21. The summed E-state index contributed by atoms with van der Waals surface area (Å²) in [5, 5.41) is 11.6. The monoisotopic (exact) mass is 273 g/mol. The number of methoxy groups -OCH3 is 1. The Balaban J connectivity index is 2.08. The first-order chi connectivity index (χ1) is 9.72. The lowest BCUT2D eigenvalue weighted by molar-refractivity contribution is -0.117. The lowest BCUT2D eigenvalue weighted by Gasteiger charge is -2.24. The molecule has 2 rings (SSSR count). The smallest absolute Gasteiger partial charge is 0.224 e. The van der Waals surface area contributed by atoms with E-state index in [0.29, 0.717) is 23.8 Å². The minimum absolute atomic E-state index is 0.0141. The van der Waals surface area contributed by atoms with Crippen molar-refractivity contribution in [1.82, 2.24) is 0 Å². The van der Waals surface area contributed by atoms with E-state index in [1.807, 2.05) is 0 Å². The molecule has 0 saturated heterocycles. The number of anilines is 1. The Morgan fingerprint density at radius 1 is 1.50 bits per heavy atom. The third kappa shape index (κ3) is 3.75. The van der Waals surface area contributed by atoms with Gasteiger partial charge in [0.25, 0.3) is 0 Å². The Bertz CT molecular complexity index is 538. The van der Waals surface area contributed by atoms with Crippen LogP contribution in [-0.2, 0) is 4.79 Å². The van der Waals surface area contributed by atoms with Gasteiger partial charge in [0.05, 0.1) is 12.8 Å². The molecule has 0 bridgehead atoms. The molecule has 0 heterocycles. The number of rotatable bonds is 4. The topological polar surface area (TPSA) is 58.6 Å². The molecule has 0 spiro atoms. The van der Waals surface area contributed by atoms with Crippen molar-refractivity contribution in [1.29, 1.82) is 0 Å². The second kappa shape index (κ2) is 6.97. The number of benzene rings is 1. The van der Waals surface area contributed by atoms with Gasteiger partial charge < -0.3 is 15.2 Å². The van der Waals surface area contributed by atoms with Crippen molar-refractivity contribution in [3.63, 3.8) is 0 Å². The van der Waals surface area contributed by atoms with Gasteiger partial charge in [-0.1, -0.05) is 18.3 Å². The van der Waals surface area contributed by atoms with E-state index in [4.69, 9.17) is 9.84 Å². The first-order valence-electron chi connectivity index (χ1n) is 6.80. The fourth-order valence-electron chi connectivity index (χ4n) is 2.19. The van der Waals surface area contributed by atoms with Crippen LogP contribution >= 0.6 is 0 Å². The number of aliphatic hydroxyl groups is 1. The van der Waals surface area contributed by atoms with Crippen molar-refractivity contribution in [3.8, 4) is 17.6 Å². The standard InChI is InChI=1S/C16H19NO3/c1-20-15-8-7-13(6-3-9-18)10-14(15)17-16(19)11-12-4-2-5-12/h7-8,10,12,18H,2,4-5,9,11H2,1H3,(H,17,19). The number of carbonyl (C=O) groups excluding carboxylic acids is 1. The minimum atomic E-state index is -0.185. The second-order valence-corrected chi connectivity index (χ2v) is 4.92. The van der Waals surface area contributed by atoms with E-state index >= 15 is 0 Å². The maximum atomic E-state index is 12.0. The third-order valence-corrected chi connectivity index (χ3v) is 3.48. The van der Waals surface area contributed by atoms with Crippen molar-refractivity contribution in [2.24, 2.45) is 5.92 Å². The van der Waals surface area contributed by atoms with Crippen LogP contribution in [0.15, 0.2) is 18.2 Å². The fourth-order valence-corrected chi connectivity index (χ4v) is 2.19. The molecular weight excluding hydrogens is 254 g/mol. The Hall–Kier alpha value is -1.99. The maximum Gasteiger partial charge on any atom is 0.224 e. The average molecular weight is 273 g/mol. The molecule has 20 heavy (non-hydrogen) atoms. The number of amides is 1. The molecule has 2 N–H and O–H groups in total. The molecule has 1 aromatic rings. The number of hydrogen-bond donors (Lipinski definition) is 2. The summed E-state index contributed by atoms with van der Waals surface area (Å²) in [6, 6.07) is 5.32. The van der Waals surface area contributed by atoms with Crippen molar-refractivity contribution >= 4 is 11.6 Å². The molecule has 1 amide bonds. The summed E-state index contributed by atoms with van der Waals surface area (Å²) >= 11 is 0. The molecule has 1 aliphatic rings. The summed E-state index contributed by atoms with van der Waals surface area (Å²) in [6.45, 7) is -0.185. The summed E-state index contributed by atoms with van der Waals surface area (Å²) in [5.74, 6) is 6.55. The molecule has 106 valence electrons. The van der Waals surface area contributed by atoms with Crippen LogP contribution in [0.5, 0.6) is 5.75 Å². The van der Waals surface area contributed by atoms with Gasteiger partial charge in [0.1, 0.15) is 12.4 Å². The molecular formula is C16H19NO3. The Morgan fingerprint density at radius 2 is 2.30 bits per heavy atom. The zero-order chi connectivity index (χ0) is 14.4. The molecule has 1 aromatic carbocycles. The van der Waals surface area contributed by atoms with Crippen LogP contribution in [0.1, 0.15) is 31.2 Å². The molecule has 0 aliphatic heterocycles. The molecule has 4 nitrogen and oxygen atoms in total. The normalized spacial score (nSPS) is 13.9. The van der Waals surface area contributed by atoms with Crippen LogP contribution in [0, 0.1) is 17.8 Å². The maximum absolute atomic E-state index is 12.0. The van der Waals surface area contributed by atoms with Gasteiger partial charge in [0.2, 0.25) is 5.91 Å². The zero-order valence-electron chi connectivity index (χ0n) is 11.6. The van der Waals surface area contributed by atoms with E-state index in [1.165, 1.54) is 6.42 Å². The lowest BCUT2D eigenvalue weighted by atomic mass is 9.83. The molecule has 0 aromatic heterocycles. The largest absolute Gasteiger partial charge is 0.495 e. The first kappa shape index (κ1) is 14.4. The van der Waals surface area contributed by atoms with Gasteiger partial charge in [-0.3, -0.25) is 4.79 Å². The number of hydrogen-bond acceptors (Lipinski definition) is 3. The van der Waals surface area contributed by atoms with Gasteiger partial charge in [-0.25, -0.2) is 0 Å². The van der Waals surface area contributed by atoms with Gasteiger partial charge >= 0.3 is 0 Å². The Kier molecular flexibility index (Phi) is 5.03. The summed E-state index contributed by atoms with van der Waals surface area (Å²) in [4.78, 5) is 12.0. The Labute approximate surface area is 119 Å². The van der Waals surface area contributed by atoms with E-state index in [-0.39, 0.29) is 12.5 Å². The summed E-state index contributed by atoms with van der Waals surface area (Å²) in [6.07, 6.45) is 4.09.